The van der Waals surface area contributed by atoms with Crippen LogP contribution < -0.4 is 5.14 Å². The van der Waals surface area contributed by atoms with Gasteiger partial charge in [-0.15, -0.1) is 0 Å². The quantitative estimate of drug-likeness (QED) is 0.895. The van der Waals surface area contributed by atoms with Crippen LogP contribution in [0.3, 0.4) is 0 Å². The number of sulfonamides is 1. The number of carbonyl (C=O) groups excluding carboxylic acids is 1. The molecule has 2 aromatic heterocycles. The normalized spacial score (nSPS) is 16.9. The average Bonchev–Trinajstić information content (AvgIpc) is 2.91. The van der Waals surface area contributed by atoms with Crippen LogP contribution in [0.1, 0.15) is 28.8 Å². The molecule has 0 aromatic carbocycles. The highest BCUT2D eigenvalue weighted by molar-refractivity contribution is 7.89. The van der Waals surface area contributed by atoms with Gasteiger partial charge < -0.3 is 4.90 Å². The summed E-state index contributed by atoms with van der Waals surface area (Å²) in [7, 11) is -3.46. The van der Waals surface area contributed by atoms with Crippen molar-refractivity contribution >= 4 is 21.4 Å². The summed E-state index contributed by atoms with van der Waals surface area (Å²) >= 11 is 0. The minimum absolute atomic E-state index is 0.00907. The molecule has 0 bridgehead atoms. The lowest BCUT2D eigenvalue weighted by molar-refractivity contribution is 0.0700. The van der Waals surface area contributed by atoms with Crippen LogP contribution >= 0.6 is 0 Å². The van der Waals surface area contributed by atoms with Gasteiger partial charge in [0.1, 0.15) is 0 Å². The Bertz CT molecular complexity index is 836. The smallest absolute Gasteiger partial charge is 0.257 e. The number of likely N-dealkylation sites (tertiary alicyclic amines) is 1. The molecule has 0 spiro atoms. The first-order valence-electron chi connectivity index (χ1n) is 7.58. The topological polar surface area (TPSA) is 97.8 Å². The van der Waals surface area contributed by atoms with E-state index in [4.69, 9.17) is 5.14 Å². The Morgan fingerprint density at radius 2 is 2.09 bits per heavy atom. The van der Waals surface area contributed by atoms with Crippen molar-refractivity contribution in [1.29, 1.82) is 0 Å². The van der Waals surface area contributed by atoms with E-state index in [-0.39, 0.29) is 17.6 Å². The van der Waals surface area contributed by atoms with Crippen LogP contribution in [0.15, 0.2) is 24.5 Å². The van der Waals surface area contributed by atoms with Crippen molar-refractivity contribution in [3.63, 3.8) is 0 Å². The molecular weight excluding hydrogens is 316 g/mol. The number of nitrogens with zero attached hydrogens (tertiary/aromatic N) is 3. The van der Waals surface area contributed by atoms with Crippen molar-refractivity contribution in [2.45, 2.75) is 19.8 Å². The summed E-state index contributed by atoms with van der Waals surface area (Å²) in [6, 6.07) is 3.84. The van der Waals surface area contributed by atoms with Crippen LogP contribution in [0, 0.1) is 12.8 Å². The standard InChI is InChI=1S/C15H20N4O3S/c1-11-3-2-6-19-14(11)13(9-17-19)15(20)18-7-4-12(5-8-18)10-23(16,21)22/h2-3,6,9,12H,4-5,7-8,10H2,1H3,(H2,16,21,22). The van der Waals surface area contributed by atoms with E-state index in [1.54, 1.807) is 15.6 Å². The Morgan fingerprint density at radius 3 is 2.74 bits per heavy atom. The molecular formula is C15H20N4O3S. The van der Waals surface area contributed by atoms with Gasteiger partial charge in [-0.2, -0.15) is 5.10 Å². The summed E-state index contributed by atoms with van der Waals surface area (Å²) in [5.41, 5.74) is 2.41. The molecule has 1 fully saturated rings. The molecule has 8 heteroatoms. The summed E-state index contributed by atoms with van der Waals surface area (Å²) in [4.78, 5) is 14.5. The number of fused-ring (bicyclic) bond motifs is 1. The number of rotatable bonds is 3. The van der Waals surface area contributed by atoms with Crippen LogP contribution in [0.5, 0.6) is 0 Å². The predicted molar refractivity (Wildman–Crippen MR) is 86.5 cm³/mol. The third-order valence-electron chi connectivity index (χ3n) is 4.34. The molecule has 124 valence electrons. The maximum atomic E-state index is 12.7. The number of hydrogen-bond donors (Lipinski definition) is 1. The molecule has 0 aliphatic carbocycles. The summed E-state index contributed by atoms with van der Waals surface area (Å²) in [5, 5.41) is 9.33. The fraction of sp³-hybridized carbons (Fsp3) is 0.467. The van der Waals surface area contributed by atoms with Gasteiger partial charge in [0, 0.05) is 19.3 Å². The van der Waals surface area contributed by atoms with E-state index in [0.29, 0.717) is 31.5 Å². The number of amides is 1. The SMILES string of the molecule is Cc1cccn2ncc(C(=O)N3CCC(CS(N)(=O)=O)CC3)c12. The predicted octanol–water partition coefficient (Wildman–Crippen LogP) is 0.783. The number of aryl methyl sites for hydroxylation is 1. The highest BCUT2D eigenvalue weighted by Crippen LogP contribution is 2.22. The van der Waals surface area contributed by atoms with Crippen molar-refractivity contribution in [2.75, 3.05) is 18.8 Å². The fourth-order valence-electron chi connectivity index (χ4n) is 3.17. The summed E-state index contributed by atoms with van der Waals surface area (Å²) in [6.45, 7) is 3.04. The van der Waals surface area contributed by atoms with Gasteiger partial charge in [-0.1, -0.05) is 6.07 Å². The Kier molecular flexibility index (Phi) is 4.11. The van der Waals surface area contributed by atoms with E-state index in [1.165, 1.54) is 0 Å². The first-order valence-corrected chi connectivity index (χ1v) is 9.29. The van der Waals surface area contributed by atoms with Gasteiger partial charge in [-0.05, 0) is 37.3 Å². The monoisotopic (exact) mass is 336 g/mol. The number of hydrogen-bond acceptors (Lipinski definition) is 4. The van der Waals surface area contributed by atoms with Crippen LogP contribution in [-0.4, -0.2) is 47.7 Å². The Hall–Kier alpha value is -1.93. The largest absolute Gasteiger partial charge is 0.339 e. The highest BCUT2D eigenvalue weighted by Gasteiger charge is 2.27. The van der Waals surface area contributed by atoms with E-state index >= 15 is 0 Å². The molecule has 3 heterocycles. The minimum atomic E-state index is -3.46. The summed E-state index contributed by atoms with van der Waals surface area (Å²) < 4.78 is 24.0. The maximum Gasteiger partial charge on any atom is 0.257 e. The van der Waals surface area contributed by atoms with E-state index in [9.17, 15) is 13.2 Å². The van der Waals surface area contributed by atoms with Crippen molar-refractivity contribution in [1.82, 2.24) is 14.5 Å². The molecule has 0 saturated carbocycles. The molecule has 7 nitrogen and oxygen atoms in total. The van der Waals surface area contributed by atoms with Crippen LogP contribution in [0.2, 0.25) is 0 Å². The lowest BCUT2D eigenvalue weighted by Gasteiger charge is -2.31. The summed E-state index contributed by atoms with van der Waals surface area (Å²) in [6.07, 6.45) is 4.72. The van der Waals surface area contributed by atoms with Gasteiger partial charge in [-0.3, -0.25) is 4.79 Å². The van der Waals surface area contributed by atoms with E-state index in [0.717, 1.165) is 11.1 Å². The lowest BCUT2D eigenvalue weighted by atomic mass is 9.98. The Labute approximate surface area is 135 Å². The van der Waals surface area contributed by atoms with Gasteiger partial charge in [-0.25, -0.2) is 18.1 Å². The molecule has 1 amide bonds. The van der Waals surface area contributed by atoms with Gasteiger partial charge in [0.2, 0.25) is 10.0 Å². The molecule has 0 unspecified atom stereocenters. The van der Waals surface area contributed by atoms with Gasteiger partial charge in [0.25, 0.3) is 5.91 Å². The molecule has 1 aliphatic rings. The minimum Gasteiger partial charge on any atom is -0.339 e. The fourth-order valence-corrected chi connectivity index (χ4v) is 4.16. The van der Waals surface area contributed by atoms with Gasteiger partial charge in [0.05, 0.1) is 23.0 Å². The highest BCUT2D eigenvalue weighted by atomic mass is 32.2. The Morgan fingerprint density at radius 1 is 1.39 bits per heavy atom. The van der Waals surface area contributed by atoms with Gasteiger partial charge >= 0.3 is 0 Å². The zero-order chi connectivity index (χ0) is 16.6. The van der Waals surface area contributed by atoms with Crippen molar-refractivity contribution < 1.29 is 13.2 Å². The first kappa shape index (κ1) is 15.9. The van der Waals surface area contributed by atoms with Crippen LogP contribution in [0.25, 0.3) is 5.52 Å². The van der Waals surface area contributed by atoms with Crippen LogP contribution in [0.4, 0.5) is 0 Å². The number of pyridine rings is 1. The second-order valence-corrected chi connectivity index (χ2v) is 7.77. The Balaban J connectivity index is 1.74. The zero-order valence-corrected chi connectivity index (χ0v) is 13.8. The van der Waals surface area contributed by atoms with Crippen molar-refractivity contribution in [3.8, 4) is 0 Å². The van der Waals surface area contributed by atoms with Crippen molar-refractivity contribution in [2.24, 2.45) is 11.1 Å². The third-order valence-corrected chi connectivity index (χ3v) is 5.28. The van der Waals surface area contributed by atoms with E-state index in [1.807, 2.05) is 25.3 Å². The molecule has 2 aromatic rings. The second kappa shape index (κ2) is 5.93. The number of nitrogens with two attached hydrogens (primary N) is 1. The molecule has 0 radical (unpaired) electrons. The van der Waals surface area contributed by atoms with E-state index < -0.39 is 10.0 Å². The number of aromatic nitrogens is 2. The number of carbonyl (C=O) groups is 1. The molecule has 0 atom stereocenters. The average molecular weight is 336 g/mol. The molecule has 1 saturated heterocycles. The van der Waals surface area contributed by atoms with E-state index in [2.05, 4.69) is 5.10 Å². The maximum absolute atomic E-state index is 12.7. The number of piperidine rings is 1. The van der Waals surface area contributed by atoms with Crippen LogP contribution in [-0.2, 0) is 10.0 Å². The molecule has 1 aliphatic heterocycles. The zero-order valence-electron chi connectivity index (χ0n) is 13.0. The summed E-state index contributed by atoms with van der Waals surface area (Å²) in [5.74, 6) is -0.0340. The molecule has 3 rings (SSSR count). The van der Waals surface area contributed by atoms with Crippen molar-refractivity contribution in [3.05, 3.63) is 35.7 Å². The third kappa shape index (κ3) is 3.37. The lowest BCUT2D eigenvalue weighted by Crippen LogP contribution is -2.40. The first-order chi connectivity index (χ1) is 10.8. The second-order valence-electron chi connectivity index (χ2n) is 6.11. The molecule has 2 N–H and O–H groups in total. The van der Waals surface area contributed by atoms with Gasteiger partial charge in [0.15, 0.2) is 0 Å². The number of primary sulfonamides is 1. The molecule has 23 heavy (non-hydrogen) atoms.